The molecule has 0 fully saturated rings. The molecular formula is C17H17BrN2O3. The number of benzene rings is 2. The van der Waals surface area contributed by atoms with Gasteiger partial charge in [0.2, 0.25) is 12.7 Å². The molecule has 0 atom stereocenters. The average Bonchev–Trinajstić information content (AvgIpc) is 2.98. The normalized spacial score (nSPS) is 12.3. The van der Waals surface area contributed by atoms with E-state index in [1.807, 2.05) is 43.3 Å². The van der Waals surface area contributed by atoms with Gasteiger partial charge in [0.05, 0.1) is 6.54 Å². The van der Waals surface area contributed by atoms with Crippen molar-refractivity contribution in [2.75, 3.05) is 18.7 Å². The van der Waals surface area contributed by atoms with E-state index < -0.39 is 0 Å². The van der Waals surface area contributed by atoms with Gasteiger partial charge in [-0.05, 0) is 48.4 Å². The molecule has 0 radical (unpaired) electrons. The first-order chi connectivity index (χ1) is 11.1. The van der Waals surface area contributed by atoms with Crippen LogP contribution in [0.2, 0.25) is 0 Å². The summed E-state index contributed by atoms with van der Waals surface area (Å²) in [5.74, 6) is 1.43. The van der Waals surface area contributed by atoms with E-state index in [4.69, 9.17) is 9.47 Å². The zero-order valence-electron chi connectivity index (χ0n) is 12.7. The van der Waals surface area contributed by atoms with Crippen LogP contribution in [-0.4, -0.2) is 19.2 Å². The minimum absolute atomic E-state index is 0.0764. The number of anilines is 1. The number of halogens is 1. The van der Waals surface area contributed by atoms with Crippen LogP contribution in [0.4, 0.5) is 5.69 Å². The first-order valence-electron chi connectivity index (χ1n) is 7.27. The Labute approximate surface area is 143 Å². The number of aryl methyl sites for hydroxylation is 1. The van der Waals surface area contributed by atoms with Gasteiger partial charge in [-0.2, -0.15) is 0 Å². The van der Waals surface area contributed by atoms with Crippen LogP contribution >= 0.6 is 15.9 Å². The summed E-state index contributed by atoms with van der Waals surface area (Å²) in [6.45, 7) is 3.08. The highest BCUT2D eigenvalue weighted by Crippen LogP contribution is 2.32. The summed E-state index contributed by atoms with van der Waals surface area (Å²) < 4.78 is 11.6. The van der Waals surface area contributed by atoms with Gasteiger partial charge in [0.1, 0.15) is 0 Å². The number of ether oxygens (including phenoxy) is 2. The zero-order chi connectivity index (χ0) is 16.2. The van der Waals surface area contributed by atoms with Crippen molar-refractivity contribution in [1.82, 2.24) is 5.32 Å². The van der Waals surface area contributed by atoms with Crippen molar-refractivity contribution in [3.8, 4) is 11.5 Å². The second kappa shape index (κ2) is 7.02. The van der Waals surface area contributed by atoms with E-state index in [0.29, 0.717) is 6.54 Å². The average molecular weight is 377 g/mol. The summed E-state index contributed by atoms with van der Waals surface area (Å²) in [7, 11) is 0. The Morgan fingerprint density at radius 2 is 2.00 bits per heavy atom. The molecular weight excluding hydrogens is 360 g/mol. The third-order valence-electron chi connectivity index (χ3n) is 3.49. The lowest BCUT2D eigenvalue weighted by molar-refractivity contribution is -0.115. The molecule has 0 aromatic heterocycles. The lowest BCUT2D eigenvalue weighted by Crippen LogP contribution is -2.27. The molecule has 2 aromatic rings. The Balaban J connectivity index is 1.48. The lowest BCUT2D eigenvalue weighted by Gasteiger charge is -2.08. The van der Waals surface area contributed by atoms with Crippen LogP contribution in [0.1, 0.15) is 11.1 Å². The van der Waals surface area contributed by atoms with Crippen LogP contribution in [0.5, 0.6) is 11.5 Å². The summed E-state index contributed by atoms with van der Waals surface area (Å²) in [5.41, 5.74) is 2.92. The molecule has 1 aliphatic rings. The van der Waals surface area contributed by atoms with Crippen LogP contribution in [-0.2, 0) is 11.3 Å². The van der Waals surface area contributed by atoms with E-state index in [0.717, 1.165) is 32.8 Å². The van der Waals surface area contributed by atoms with Gasteiger partial charge in [-0.1, -0.05) is 22.0 Å². The Hall–Kier alpha value is -2.05. The van der Waals surface area contributed by atoms with Gasteiger partial charge in [-0.3, -0.25) is 4.79 Å². The fraction of sp³-hybridized carbons (Fsp3) is 0.235. The van der Waals surface area contributed by atoms with Crippen molar-refractivity contribution in [2.45, 2.75) is 13.5 Å². The Morgan fingerprint density at radius 3 is 2.83 bits per heavy atom. The fourth-order valence-electron chi connectivity index (χ4n) is 2.30. The number of fused-ring (bicyclic) bond motifs is 1. The lowest BCUT2D eigenvalue weighted by atomic mass is 10.2. The van der Waals surface area contributed by atoms with Gasteiger partial charge in [0.15, 0.2) is 11.5 Å². The van der Waals surface area contributed by atoms with Gasteiger partial charge < -0.3 is 20.1 Å². The van der Waals surface area contributed by atoms with E-state index in [2.05, 4.69) is 26.6 Å². The molecule has 1 aliphatic heterocycles. The SMILES string of the molecule is Cc1cc(NC(=O)CNCc2ccc3c(c2)OCO3)ccc1Br. The van der Waals surface area contributed by atoms with Gasteiger partial charge in [0.25, 0.3) is 0 Å². The molecule has 0 saturated heterocycles. The molecule has 1 amide bonds. The molecule has 0 aliphatic carbocycles. The van der Waals surface area contributed by atoms with Crippen molar-refractivity contribution < 1.29 is 14.3 Å². The number of hydrogen-bond acceptors (Lipinski definition) is 4. The zero-order valence-corrected chi connectivity index (χ0v) is 14.3. The third-order valence-corrected chi connectivity index (χ3v) is 4.38. The summed E-state index contributed by atoms with van der Waals surface area (Å²) in [6.07, 6.45) is 0. The highest BCUT2D eigenvalue weighted by Gasteiger charge is 2.13. The van der Waals surface area contributed by atoms with E-state index >= 15 is 0 Å². The second-order valence-corrected chi connectivity index (χ2v) is 6.16. The number of hydrogen-bond donors (Lipinski definition) is 2. The van der Waals surface area contributed by atoms with E-state index in [-0.39, 0.29) is 19.2 Å². The van der Waals surface area contributed by atoms with E-state index in [1.165, 1.54) is 0 Å². The molecule has 5 nitrogen and oxygen atoms in total. The standard InChI is InChI=1S/C17H17BrN2O3/c1-11-6-13(3-4-14(11)18)20-17(21)9-19-8-12-2-5-15-16(7-12)23-10-22-15/h2-7,19H,8-10H2,1H3,(H,20,21). The summed E-state index contributed by atoms with van der Waals surface area (Å²) in [5, 5.41) is 5.99. The maximum atomic E-state index is 12.0. The van der Waals surface area contributed by atoms with Crippen molar-refractivity contribution in [2.24, 2.45) is 0 Å². The van der Waals surface area contributed by atoms with Crippen LogP contribution in [0, 0.1) is 6.92 Å². The van der Waals surface area contributed by atoms with Gasteiger partial charge in [-0.25, -0.2) is 0 Å². The predicted molar refractivity (Wildman–Crippen MR) is 91.8 cm³/mol. The topological polar surface area (TPSA) is 59.6 Å². The molecule has 0 saturated carbocycles. The molecule has 1 heterocycles. The van der Waals surface area contributed by atoms with Crippen molar-refractivity contribution in [3.63, 3.8) is 0 Å². The molecule has 6 heteroatoms. The van der Waals surface area contributed by atoms with Crippen LogP contribution in [0.25, 0.3) is 0 Å². The summed E-state index contributed by atoms with van der Waals surface area (Å²) >= 11 is 3.44. The maximum Gasteiger partial charge on any atom is 0.238 e. The molecule has 2 aromatic carbocycles. The molecule has 3 rings (SSSR count). The summed E-state index contributed by atoms with van der Waals surface area (Å²) in [4.78, 5) is 12.0. The molecule has 0 spiro atoms. The number of nitrogens with one attached hydrogen (secondary N) is 2. The summed E-state index contributed by atoms with van der Waals surface area (Å²) in [6, 6.07) is 11.5. The largest absolute Gasteiger partial charge is 0.454 e. The highest BCUT2D eigenvalue weighted by molar-refractivity contribution is 9.10. The highest BCUT2D eigenvalue weighted by atomic mass is 79.9. The predicted octanol–water partition coefficient (Wildman–Crippen LogP) is 3.21. The fourth-order valence-corrected chi connectivity index (χ4v) is 2.55. The second-order valence-electron chi connectivity index (χ2n) is 5.30. The number of carbonyl (C=O) groups is 1. The molecule has 23 heavy (non-hydrogen) atoms. The van der Waals surface area contributed by atoms with E-state index in [1.54, 1.807) is 0 Å². The first kappa shape index (κ1) is 15.8. The first-order valence-corrected chi connectivity index (χ1v) is 8.06. The van der Waals surface area contributed by atoms with Gasteiger partial charge in [0, 0.05) is 16.7 Å². The Morgan fingerprint density at radius 1 is 1.17 bits per heavy atom. The molecule has 2 N–H and O–H groups in total. The van der Waals surface area contributed by atoms with Crippen molar-refractivity contribution in [3.05, 3.63) is 52.0 Å². The van der Waals surface area contributed by atoms with Crippen LogP contribution < -0.4 is 20.1 Å². The molecule has 0 unspecified atom stereocenters. The third kappa shape index (κ3) is 4.03. The minimum atomic E-state index is -0.0764. The number of amides is 1. The quantitative estimate of drug-likeness (QED) is 0.840. The van der Waals surface area contributed by atoms with Crippen LogP contribution in [0.15, 0.2) is 40.9 Å². The number of carbonyl (C=O) groups excluding carboxylic acids is 1. The molecule has 0 bridgehead atoms. The van der Waals surface area contributed by atoms with Gasteiger partial charge in [-0.15, -0.1) is 0 Å². The molecule has 120 valence electrons. The Bertz CT molecular complexity index is 734. The van der Waals surface area contributed by atoms with Crippen LogP contribution in [0.3, 0.4) is 0 Å². The van der Waals surface area contributed by atoms with Crippen molar-refractivity contribution in [1.29, 1.82) is 0 Å². The van der Waals surface area contributed by atoms with Gasteiger partial charge >= 0.3 is 0 Å². The monoisotopic (exact) mass is 376 g/mol. The van der Waals surface area contributed by atoms with Crippen molar-refractivity contribution >= 4 is 27.5 Å². The smallest absolute Gasteiger partial charge is 0.238 e. The Kier molecular flexibility index (Phi) is 4.83. The minimum Gasteiger partial charge on any atom is -0.454 e. The number of rotatable bonds is 5. The maximum absolute atomic E-state index is 12.0. The van der Waals surface area contributed by atoms with E-state index in [9.17, 15) is 4.79 Å².